The lowest BCUT2D eigenvalue weighted by molar-refractivity contribution is -0.117. The van der Waals surface area contributed by atoms with Gasteiger partial charge in [-0.2, -0.15) is 0 Å². The van der Waals surface area contributed by atoms with E-state index >= 15 is 0 Å². The van der Waals surface area contributed by atoms with Gasteiger partial charge < -0.3 is 21.1 Å². The number of para-hydroxylation sites is 2. The van der Waals surface area contributed by atoms with Crippen molar-refractivity contribution in [2.45, 2.75) is 38.5 Å². The van der Waals surface area contributed by atoms with Crippen LogP contribution in [0.2, 0.25) is 0 Å². The van der Waals surface area contributed by atoms with Crippen LogP contribution in [-0.2, 0) is 14.3 Å². The summed E-state index contributed by atoms with van der Waals surface area (Å²) in [7, 11) is 0. The molecule has 3 aromatic rings. The van der Waals surface area contributed by atoms with Crippen molar-refractivity contribution < 1.29 is 14.3 Å². The highest BCUT2D eigenvalue weighted by molar-refractivity contribution is 6.03. The largest absolute Gasteiger partial charge is 0.397 e. The Balaban J connectivity index is 1.42. The zero-order valence-corrected chi connectivity index (χ0v) is 23.4. The van der Waals surface area contributed by atoms with E-state index in [4.69, 9.17) is 10.5 Å². The number of nitrogens with one attached hydrogen (secondary N) is 2. The van der Waals surface area contributed by atoms with E-state index in [2.05, 4.69) is 41.5 Å². The van der Waals surface area contributed by atoms with Gasteiger partial charge in [-0.3, -0.25) is 14.5 Å². The number of morpholine rings is 1. The third kappa shape index (κ3) is 8.53. The minimum Gasteiger partial charge on any atom is -0.397 e. The van der Waals surface area contributed by atoms with Crippen molar-refractivity contribution in [2.24, 2.45) is 0 Å². The maximum atomic E-state index is 13.5. The van der Waals surface area contributed by atoms with Gasteiger partial charge >= 0.3 is 0 Å². The molecule has 7 nitrogen and oxygen atoms in total. The summed E-state index contributed by atoms with van der Waals surface area (Å²) in [6.07, 6.45) is 4.88. The second-order valence-corrected chi connectivity index (χ2v) is 10.5. The van der Waals surface area contributed by atoms with Crippen LogP contribution in [0, 0.1) is 0 Å². The second kappa shape index (κ2) is 14.4. The maximum Gasteiger partial charge on any atom is 0.248 e. The van der Waals surface area contributed by atoms with E-state index in [0.717, 1.165) is 62.5 Å². The van der Waals surface area contributed by atoms with Gasteiger partial charge in [-0.15, -0.1) is 0 Å². The van der Waals surface area contributed by atoms with Crippen molar-refractivity contribution >= 4 is 35.0 Å². The van der Waals surface area contributed by atoms with Gasteiger partial charge in [-0.05, 0) is 72.3 Å². The first kappa shape index (κ1) is 29.1. The van der Waals surface area contributed by atoms with Crippen molar-refractivity contribution in [1.82, 2.24) is 4.90 Å². The van der Waals surface area contributed by atoms with Crippen LogP contribution in [0.1, 0.15) is 55.2 Å². The van der Waals surface area contributed by atoms with Crippen molar-refractivity contribution in [3.63, 3.8) is 0 Å². The molecule has 1 atom stereocenters. The summed E-state index contributed by atoms with van der Waals surface area (Å²) in [6.45, 7) is 8.66. The molecule has 1 unspecified atom stereocenters. The lowest BCUT2D eigenvalue weighted by atomic mass is 9.92. The van der Waals surface area contributed by atoms with Gasteiger partial charge in [0.15, 0.2) is 0 Å². The highest BCUT2D eigenvalue weighted by Crippen LogP contribution is 2.26. The van der Waals surface area contributed by atoms with Crippen LogP contribution in [0.5, 0.6) is 0 Å². The molecule has 4 rings (SSSR count). The van der Waals surface area contributed by atoms with Crippen LogP contribution in [-0.4, -0.2) is 49.6 Å². The summed E-state index contributed by atoms with van der Waals surface area (Å²) in [5.41, 5.74) is 10.9. The third-order valence-electron chi connectivity index (χ3n) is 7.22. The summed E-state index contributed by atoms with van der Waals surface area (Å²) >= 11 is 0. The Bertz CT molecular complexity index is 1280. The van der Waals surface area contributed by atoms with Gasteiger partial charge in [-0.25, -0.2) is 0 Å². The molecule has 0 radical (unpaired) electrons. The predicted molar refractivity (Wildman–Crippen MR) is 163 cm³/mol. The summed E-state index contributed by atoms with van der Waals surface area (Å²) < 4.78 is 5.46. The van der Waals surface area contributed by atoms with E-state index < -0.39 is 0 Å². The normalized spacial score (nSPS) is 14.8. The summed E-state index contributed by atoms with van der Waals surface area (Å²) in [5, 5.41) is 5.92. The van der Waals surface area contributed by atoms with Crippen molar-refractivity contribution in [3.05, 3.63) is 95.6 Å². The average Bonchev–Trinajstić information content (AvgIpc) is 2.96. The third-order valence-corrected chi connectivity index (χ3v) is 7.22. The molecule has 0 bridgehead atoms. The number of carbonyl (C=O) groups excluding carboxylic acids is 2. The number of carbonyl (C=O) groups is 2. The topological polar surface area (TPSA) is 96.7 Å². The molecule has 1 aliphatic rings. The molecular weight excluding hydrogens is 500 g/mol. The number of anilines is 3. The molecule has 0 aromatic heterocycles. The molecule has 40 heavy (non-hydrogen) atoms. The number of nitrogens with two attached hydrogens (primary N) is 1. The van der Waals surface area contributed by atoms with Crippen LogP contribution >= 0.6 is 0 Å². The number of amides is 2. The van der Waals surface area contributed by atoms with Crippen LogP contribution in [0.25, 0.3) is 6.08 Å². The van der Waals surface area contributed by atoms with Crippen LogP contribution in [0.4, 0.5) is 17.1 Å². The number of hydrogen-bond donors (Lipinski definition) is 3. The summed E-state index contributed by atoms with van der Waals surface area (Å²) in [6, 6.07) is 23.1. The first-order valence-electron chi connectivity index (χ1n) is 14.0. The van der Waals surface area contributed by atoms with Crippen molar-refractivity contribution in [2.75, 3.05) is 49.2 Å². The Morgan fingerprint density at radius 2 is 1.60 bits per heavy atom. The highest BCUT2D eigenvalue weighted by Gasteiger charge is 2.21. The van der Waals surface area contributed by atoms with Gasteiger partial charge in [0.25, 0.3) is 0 Å². The number of hydrogen-bond acceptors (Lipinski definition) is 5. The van der Waals surface area contributed by atoms with E-state index in [1.54, 1.807) is 18.2 Å². The molecule has 0 aliphatic carbocycles. The lowest BCUT2D eigenvalue weighted by Gasteiger charge is -2.27. The fourth-order valence-corrected chi connectivity index (χ4v) is 4.77. The monoisotopic (exact) mass is 540 g/mol. The Morgan fingerprint density at radius 3 is 2.27 bits per heavy atom. The summed E-state index contributed by atoms with van der Waals surface area (Å²) in [4.78, 5) is 28.3. The number of ether oxygens (including phenoxy) is 1. The molecule has 0 spiro atoms. The minimum atomic E-state index is -0.284. The average molecular weight is 541 g/mol. The number of nitrogen functional groups attached to an aromatic ring is 1. The molecular formula is C33H40N4O3. The quantitative estimate of drug-likeness (QED) is 0.209. The summed E-state index contributed by atoms with van der Waals surface area (Å²) in [5.74, 6) is -0.116. The Labute approximate surface area is 237 Å². The molecule has 4 N–H and O–H groups in total. The SMILES string of the molecule is CC(C)c1ccc(NC(=O)C(CCCN2CCOCC2)c2ccc(/C=C/C(=O)Nc3ccccc3N)cc2)cc1. The van der Waals surface area contributed by atoms with Crippen LogP contribution in [0.15, 0.2) is 78.9 Å². The van der Waals surface area contributed by atoms with E-state index in [1.165, 1.54) is 11.6 Å². The number of rotatable bonds is 11. The van der Waals surface area contributed by atoms with Crippen LogP contribution < -0.4 is 16.4 Å². The fraction of sp³-hybridized carbons (Fsp3) is 0.333. The molecule has 2 amide bonds. The van der Waals surface area contributed by atoms with Gasteiger partial charge in [0.1, 0.15) is 0 Å². The van der Waals surface area contributed by atoms with Gasteiger partial charge in [0.05, 0.1) is 30.5 Å². The standard InChI is InChI=1S/C33H40N4O3/c1-24(2)26-14-16-28(17-15-26)35-33(39)29(6-5-19-37-20-22-40-23-21-37)27-12-9-25(10-13-27)11-18-32(38)36-31-8-4-3-7-30(31)34/h3-4,7-18,24,29H,5-6,19-23,34H2,1-2H3,(H,35,39)(H,36,38)/b18-11+. The van der Waals surface area contributed by atoms with E-state index in [1.807, 2.05) is 48.5 Å². The molecule has 3 aromatic carbocycles. The number of benzene rings is 3. The van der Waals surface area contributed by atoms with E-state index in [0.29, 0.717) is 17.3 Å². The maximum absolute atomic E-state index is 13.5. The van der Waals surface area contributed by atoms with Crippen LogP contribution in [0.3, 0.4) is 0 Å². The molecule has 7 heteroatoms. The molecule has 1 fully saturated rings. The van der Waals surface area contributed by atoms with Gasteiger partial charge in [0, 0.05) is 24.9 Å². The highest BCUT2D eigenvalue weighted by atomic mass is 16.5. The fourth-order valence-electron chi connectivity index (χ4n) is 4.77. The lowest BCUT2D eigenvalue weighted by Crippen LogP contribution is -2.37. The zero-order chi connectivity index (χ0) is 28.3. The Kier molecular flexibility index (Phi) is 10.5. The predicted octanol–water partition coefficient (Wildman–Crippen LogP) is 5.88. The minimum absolute atomic E-state index is 0.0117. The number of nitrogens with zero attached hydrogens (tertiary/aromatic N) is 1. The van der Waals surface area contributed by atoms with Gasteiger partial charge in [-0.1, -0.05) is 62.4 Å². The molecule has 1 aliphatic heterocycles. The molecule has 1 heterocycles. The molecule has 0 saturated carbocycles. The second-order valence-electron chi connectivity index (χ2n) is 10.5. The van der Waals surface area contributed by atoms with Crippen molar-refractivity contribution in [3.8, 4) is 0 Å². The smallest absolute Gasteiger partial charge is 0.248 e. The molecule has 1 saturated heterocycles. The van der Waals surface area contributed by atoms with E-state index in [-0.39, 0.29) is 17.7 Å². The Hall–Kier alpha value is -3.94. The van der Waals surface area contributed by atoms with Crippen molar-refractivity contribution in [1.29, 1.82) is 0 Å². The van der Waals surface area contributed by atoms with E-state index in [9.17, 15) is 9.59 Å². The zero-order valence-electron chi connectivity index (χ0n) is 23.4. The first-order valence-corrected chi connectivity index (χ1v) is 14.0. The Morgan fingerprint density at radius 1 is 0.925 bits per heavy atom. The molecule has 210 valence electrons. The van der Waals surface area contributed by atoms with Gasteiger partial charge in [0.2, 0.25) is 11.8 Å². The first-order chi connectivity index (χ1) is 19.4.